The summed E-state index contributed by atoms with van der Waals surface area (Å²) >= 11 is 0. The lowest BCUT2D eigenvalue weighted by Crippen LogP contribution is -1.95. The molecule has 0 radical (unpaired) electrons. The molecule has 0 nitrogen and oxygen atoms in total. The van der Waals surface area contributed by atoms with Crippen molar-refractivity contribution in [2.75, 3.05) is 0 Å². The van der Waals surface area contributed by atoms with E-state index < -0.39 is 0 Å². The molecule has 1 atom stereocenters. The maximum absolute atomic E-state index is 13.0. The summed E-state index contributed by atoms with van der Waals surface area (Å²) in [4.78, 5) is 0. The molecule has 1 heteroatoms. The second-order valence-corrected chi connectivity index (χ2v) is 3.48. The molecule has 76 valence electrons. The van der Waals surface area contributed by atoms with E-state index in [0.717, 1.165) is 18.4 Å². The van der Waals surface area contributed by atoms with E-state index in [1.165, 1.54) is 6.07 Å². The number of hydrogen-bond acceptors (Lipinski definition) is 0. The second kappa shape index (κ2) is 5.58. The molecule has 0 aliphatic carbocycles. The summed E-state index contributed by atoms with van der Waals surface area (Å²) in [5.74, 6) is 0.216. The number of allylic oxidation sites excluding steroid dienone is 2. The van der Waals surface area contributed by atoms with Crippen LogP contribution in [0.1, 0.15) is 38.2 Å². The van der Waals surface area contributed by atoms with Gasteiger partial charge in [0, 0.05) is 5.92 Å². The lowest BCUT2D eigenvalue weighted by Gasteiger charge is -2.11. The first kappa shape index (κ1) is 11.0. The molecule has 0 aliphatic rings. The Hall–Kier alpha value is -1.11. The van der Waals surface area contributed by atoms with Crippen LogP contribution in [0.25, 0.3) is 0 Å². The number of halogens is 1. The van der Waals surface area contributed by atoms with Gasteiger partial charge in [0.15, 0.2) is 0 Å². The van der Waals surface area contributed by atoms with Crippen molar-refractivity contribution in [3.63, 3.8) is 0 Å². The van der Waals surface area contributed by atoms with Crippen LogP contribution in [0.5, 0.6) is 0 Å². The molecule has 1 aromatic rings. The molecule has 0 aromatic heterocycles. The third kappa shape index (κ3) is 2.99. The maximum Gasteiger partial charge on any atom is 0.123 e. The molecule has 0 bridgehead atoms. The summed E-state index contributed by atoms with van der Waals surface area (Å²) in [6.45, 7) is 4.15. The highest BCUT2D eigenvalue weighted by molar-refractivity contribution is 5.24. The Morgan fingerprint density at radius 3 is 2.79 bits per heavy atom. The standard InChI is InChI=1S/C13H17F/c1-3-6-11(7-4-2)12-8-5-9-13(14)10-12/h3,5-6,8-11H,4,7H2,1-2H3/b6-3-/t11-/m1/s1. The van der Waals surface area contributed by atoms with Crippen molar-refractivity contribution in [2.45, 2.75) is 32.6 Å². The van der Waals surface area contributed by atoms with Gasteiger partial charge in [0.25, 0.3) is 0 Å². The van der Waals surface area contributed by atoms with Crippen molar-refractivity contribution in [3.05, 3.63) is 47.8 Å². The fourth-order valence-corrected chi connectivity index (χ4v) is 1.65. The summed E-state index contributed by atoms with van der Waals surface area (Å²) in [6.07, 6.45) is 6.36. The predicted molar refractivity (Wildman–Crippen MR) is 58.9 cm³/mol. The highest BCUT2D eigenvalue weighted by atomic mass is 19.1. The molecule has 0 spiro atoms. The molecular formula is C13H17F. The van der Waals surface area contributed by atoms with Crippen LogP contribution in [0.3, 0.4) is 0 Å². The van der Waals surface area contributed by atoms with Crippen LogP contribution < -0.4 is 0 Å². The zero-order chi connectivity index (χ0) is 10.4. The summed E-state index contributed by atoms with van der Waals surface area (Å²) < 4.78 is 13.0. The van der Waals surface area contributed by atoms with E-state index in [9.17, 15) is 4.39 Å². The monoisotopic (exact) mass is 192 g/mol. The molecule has 1 rings (SSSR count). The molecule has 0 unspecified atom stereocenters. The molecule has 0 heterocycles. The number of hydrogen-bond donors (Lipinski definition) is 0. The summed E-state index contributed by atoms with van der Waals surface area (Å²) in [5, 5.41) is 0. The Morgan fingerprint density at radius 2 is 2.21 bits per heavy atom. The summed E-state index contributed by atoms with van der Waals surface area (Å²) in [7, 11) is 0. The Morgan fingerprint density at radius 1 is 1.43 bits per heavy atom. The fraction of sp³-hybridized carbons (Fsp3) is 0.385. The van der Waals surface area contributed by atoms with Crippen LogP contribution in [0.4, 0.5) is 4.39 Å². The first-order chi connectivity index (χ1) is 6.77. The van der Waals surface area contributed by atoms with Crippen LogP contribution in [0.15, 0.2) is 36.4 Å². The van der Waals surface area contributed by atoms with Gasteiger partial charge in [-0.3, -0.25) is 0 Å². The minimum absolute atomic E-state index is 0.145. The molecule has 0 saturated carbocycles. The van der Waals surface area contributed by atoms with Crippen LogP contribution in [-0.2, 0) is 0 Å². The van der Waals surface area contributed by atoms with Crippen molar-refractivity contribution in [2.24, 2.45) is 0 Å². The van der Waals surface area contributed by atoms with Crippen molar-refractivity contribution >= 4 is 0 Å². The van der Waals surface area contributed by atoms with Gasteiger partial charge in [-0.05, 0) is 31.0 Å². The lowest BCUT2D eigenvalue weighted by atomic mass is 9.94. The van der Waals surface area contributed by atoms with Gasteiger partial charge >= 0.3 is 0 Å². The van der Waals surface area contributed by atoms with E-state index in [-0.39, 0.29) is 5.82 Å². The lowest BCUT2D eigenvalue weighted by molar-refractivity contribution is 0.620. The molecule has 1 aromatic carbocycles. The predicted octanol–water partition coefficient (Wildman–Crippen LogP) is 4.29. The quantitative estimate of drug-likeness (QED) is 0.624. The van der Waals surface area contributed by atoms with Gasteiger partial charge in [0.1, 0.15) is 5.82 Å². The van der Waals surface area contributed by atoms with Crippen molar-refractivity contribution in [1.29, 1.82) is 0 Å². The number of rotatable bonds is 4. The minimum Gasteiger partial charge on any atom is -0.207 e. The van der Waals surface area contributed by atoms with Gasteiger partial charge < -0.3 is 0 Å². The summed E-state index contributed by atoms with van der Waals surface area (Å²) in [6, 6.07) is 6.88. The topological polar surface area (TPSA) is 0 Å². The normalized spacial score (nSPS) is 13.4. The van der Waals surface area contributed by atoms with Gasteiger partial charge in [0.05, 0.1) is 0 Å². The SMILES string of the molecule is C/C=C\[C@H](CCC)c1cccc(F)c1. The van der Waals surface area contributed by atoms with E-state index >= 15 is 0 Å². The Kier molecular flexibility index (Phi) is 4.37. The molecule has 0 N–H and O–H groups in total. The third-order valence-electron chi connectivity index (χ3n) is 2.30. The first-order valence-electron chi connectivity index (χ1n) is 5.16. The maximum atomic E-state index is 13.0. The van der Waals surface area contributed by atoms with Crippen LogP contribution in [0.2, 0.25) is 0 Å². The second-order valence-electron chi connectivity index (χ2n) is 3.48. The zero-order valence-electron chi connectivity index (χ0n) is 8.83. The molecule has 0 aliphatic heterocycles. The average Bonchev–Trinajstić information content (AvgIpc) is 2.17. The van der Waals surface area contributed by atoms with Crippen molar-refractivity contribution < 1.29 is 4.39 Å². The largest absolute Gasteiger partial charge is 0.207 e. The molecule has 0 amide bonds. The Balaban J connectivity index is 2.86. The highest BCUT2D eigenvalue weighted by Crippen LogP contribution is 2.23. The molecule has 14 heavy (non-hydrogen) atoms. The van der Waals surface area contributed by atoms with Crippen molar-refractivity contribution in [1.82, 2.24) is 0 Å². The average molecular weight is 192 g/mol. The van der Waals surface area contributed by atoms with Crippen LogP contribution in [-0.4, -0.2) is 0 Å². The van der Waals surface area contributed by atoms with Gasteiger partial charge in [0.2, 0.25) is 0 Å². The minimum atomic E-state index is -0.145. The van der Waals surface area contributed by atoms with E-state index in [4.69, 9.17) is 0 Å². The van der Waals surface area contributed by atoms with Gasteiger partial charge in [-0.15, -0.1) is 0 Å². The molecular weight excluding hydrogens is 175 g/mol. The van der Waals surface area contributed by atoms with Gasteiger partial charge in [-0.25, -0.2) is 4.39 Å². The summed E-state index contributed by atoms with van der Waals surface area (Å²) in [5.41, 5.74) is 1.07. The van der Waals surface area contributed by atoms with Gasteiger partial charge in [-0.1, -0.05) is 37.6 Å². The van der Waals surface area contributed by atoms with E-state index in [2.05, 4.69) is 13.0 Å². The molecule has 0 fully saturated rings. The van der Waals surface area contributed by atoms with E-state index in [0.29, 0.717) is 5.92 Å². The first-order valence-corrected chi connectivity index (χ1v) is 5.16. The van der Waals surface area contributed by atoms with E-state index in [1.807, 2.05) is 19.1 Å². The Labute approximate surface area is 85.5 Å². The third-order valence-corrected chi connectivity index (χ3v) is 2.30. The zero-order valence-corrected chi connectivity index (χ0v) is 8.83. The van der Waals surface area contributed by atoms with Crippen molar-refractivity contribution in [3.8, 4) is 0 Å². The van der Waals surface area contributed by atoms with Crippen LogP contribution in [0, 0.1) is 5.82 Å². The molecule has 0 saturated heterocycles. The smallest absolute Gasteiger partial charge is 0.123 e. The number of benzene rings is 1. The fourth-order valence-electron chi connectivity index (χ4n) is 1.65. The Bertz CT molecular complexity index is 302. The van der Waals surface area contributed by atoms with E-state index in [1.54, 1.807) is 12.1 Å². The van der Waals surface area contributed by atoms with Crippen LogP contribution >= 0.6 is 0 Å². The van der Waals surface area contributed by atoms with Gasteiger partial charge in [-0.2, -0.15) is 0 Å². The highest BCUT2D eigenvalue weighted by Gasteiger charge is 2.06.